The molecule has 0 unspecified atom stereocenters. The lowest BCUT2D eigenvalue weighted by Crippen LogP contribution is -2.36. The second kappa shape index (κ2) is 6.31. The Labute approximate surface area is 145 Å². The van der Waals surface area contributed by atoms with Crippen molar-refractivity contribution < 1.29 is 24.0 Å². The summed E-state index contributed by atoms with van der Waals surface area (Å²) in [4.78, 5) is 59.2. The van der Waals surface area contributed by atoms with Crippen LogP contribution in [-0.4, -0.2) is 46.2 Å². The SMILES string of the molecule is CCOC(=O)C1=NN(N=O)[C@H]2C(=O)N(c3cccc([N+](=O)[O-])c3)C(=O)[C@H]12. The Hall–Kier alpha value is -3.70. The van der Waals surface area contributed by atoms with E-state index in [1.807, 2.05) is 0 Å². The zero-order chi connectivity index (χ0) is 19.0. The molecule has 2 aliphatic heterocycles. The molecule has 0 radical (unpaired) electrons. The second-order valence-corrected chi connectivity index (χ2v) is 5.32. The number of esters is 1. The van der Waals surface area contributed by atoms with Crippen molar-refractivity contribution in [2.75, 3.05) is 11.5 Å². The van der Waals surface area contributed by atoms with E-state index < -0.39 is 40.4 Å². The fraction of sp³-hybridized carbons (Fsp3) is 0.286. The Balaban J connectivity index is 2.02. The van der Waals surface area contributed by atoms with E-state index >= 15 is 0 Å². The summed E-state index contributed by atoms with van der Waals surface area (Å²) in [6.07, 6.45) is 0. The Kier molecular flexibility index (Phi) is 4.16. The Morgan fingerprint density at radius 3 is 2.73 bits per heavy atom. The number of hydrogen-bond acceptors (Lipinski definition) is 9. The fourth-order valence-electron chi connectivity index (χ4n) is 2.83. The van der Waals surface area contributed by atoms with Crippen molar-refractivity contribution in [2.24, 2.45) is 16.3 Å². The maximum Gasteiger partial charge on any atom is 0.355 e. The molecule has 0 N–H and O–H groups in total. The lowest BCUT2D eigenvalue weighted by Gasteiger charge is -2.16. The van der Waals surface area contributed by atoms with E-state index in [0.29, 0.717) is 10.0 Å². The minimum absolute atomic E-state index is 0.000485. The van der Waals surface area contributed by atoms with E-state index in [4.69, 9.17) is 4.74 Å². The smallest absolute Gasteiger partial charge is 0.355 e. The summed E-state index contributed by atoms with van der Waals surface area (Å²) in [6.45, 7) is 1.54. The number of carbonyl (C=O) groups excluding carboxylic acids is 3. The number of nitro groups is 1. The zero-order valence-electron chi connectivity index (χ0n) is 13.3. The summed E-state index contributed by atoms with van der Waals surface area (Å²) in [5.41, 5.74) is -0.801. The molecule has 2 aliphatic rings. The first-order valence-electron chi connectivity index (χ1n) is 7.41. The number of hydrazone groups is 1. The van der Waals surface area contributed by atoms with Crippen molar-refractivity contribution in [2.45, 2.75) is 13.0 Å². The first-order valence-corrected chi connectivity index (χ1v) is 7.41. The second-order valence-electron chi connectivity index (χ2n) is 5.32. The fourth-order valence-corrected chi connectivity index (χ4v) is 2.83. The van der Waals surface area contributed by atoms with Gasteiger partial charge < -0.3 is 4.74 Å². The average molecular weight is 361 g/mol. The first kappa shape index (κ1) is 17.1. The molecule has 1 saturated heterocycles. The van der Waals surface area contributed by atoms with Gasteiger partial charge in [0.2, 0.25) is 5.91 Å². The van der Waals surface area contributed by atoms with Crippen molar-refractivity contribution in [1.82, 2.24) is 5.12 Å². The van der Waals surface area contributed by atoms with Crippen LogP contribution in [0.1, 0.15) is 6.92 Å². The highest BCUT2D eigenvalue weighted by atomic mass is 16.6. The Bertz CT molecular complexity index is 867. The Morgan fingerprint density at radius 2 is 2.12 bits per heavy atom. The molecule has 0 spiro atoms. The summed E-state index contributed by atoms with van der Waals surface area (Å²) in [5.74, 6) is -4.05. The molecule has 2 heterocycles. The molecule has 26 heavy (non-hydrogen) atoms. The number of ether oxygens (including phenoxy) is 1. The molecule has 1 aromatic carbocycles. The Morgan fingerprint density at radius 1 is 1.38 bits per heavy atom. The van der Waals surface area contributed by atoms with Crippen LogP contribution in [0, 0.1) is 20.9 Å². The number of nitro benzene ring substituents is 1. The average Bonchev–Trinajstić information content (AvgIpc) is 3.12. The van der Waals surface area contributed by atoms with Crippen LogP contribution in [-0.2, 0) is 19.1 Å². The summed E-state index contributed by atoms with van der Waals surface area (Å²) in [5, 5.41) is 17.5. The van der Waals surface area contributed by atoms with Gasteiger partial charge in [-0.15, -0.1) is 15.1 Å². The highest BCUT2D eigenvalue weighted by Crippen LogP contribution is 2.36. The lowest BCUT2D eigenvalue weighted by molar-refractivity contribution is -0.384. The third-order valence-corrected chi connectivity index (χ3v) is 3.90. The number of nitrogens with zero attached hydrogens (tertiary/aromatic N) is 5. The van der Waals surface area contributed by atoms with Crippen LogP contribution < -0.4 is 4.90 Å². The monoisotopic (exact) mass is 361 g/mol. The quantitative estimate of drug-likeness (QED) is 0.240. The standard InChI is InChI=1S/C14H11N5O7/c1-2-26-14(22)10-9-11(18(15-10)16-23)13(21)17(12(9)20)7-4-3-5-8(6-7)19(24)25/h3-6,9,11H,2H2,1H3/t9-,11-/m1/s1. The van der Waals surface area contributed by atoms with Crippen molar-refractivity contribution in [3.8, 4) is 0 Å². The van der Waals surface area contributed by atoms with Crippen LogP contribution in [0.15, 0.2) is 34.7 Å². The van der Waals surface area contributed by atoms with Gasteiger partial charge >= 0.3 is 5.97 Å². The molecule has 0 aliphatic carbocycles. The number of anilines is 1. The number of benzene rings is 1. The molecular weight excluding hydrogens is 350 g/mol. The normalized spacial score (nSPS) is 21.5. The van der Waals surface area contributed by atoms with Gasteiger partial charge in [0.25, 0.3) is 11.6 Å². The summed E-state index contributed by atoms with van der Waals surface area (Å²) in [6, 6.07) is 3.43. The highest BCUT2D eigenvalue weighted by molar-refractivity contribution is 6.46. The molecule has 1 aromatic rings. The lowest BCUT2D eigenvalue weighted by atomic mass is 9.98. The molecule has 0 bridgehead atoms. The van der Waals surface area contributed by atoms with Crippen LogP contribution in [0.2, 0.25) is 0 Å². The van der Waals surface area contributed by atoms with Crippen molar-refractivity contribution in [1.29, 1.82) is 0 Å². The summed E-state index contributed by atoms with van der Waals surface area (Å²) < 4.78 is 4.79. The van der Waals surface area contributed by atoms with E-state index in [-0.39, 0.29) is 18.0 Å². The number of rotatable bonds is 5. The van der Waals surface area contributed by atoms with E-state index in [1.54, 1.807) is 0 Å². The van der Waals surface area contributed by atoms with Gasteiger partial charge in [-0.2, -0.15) is 0 Å². The molecule has 12 nitrogen and oxygen atoms in total. The molecule has 0 saturated carbocycles. The number of hydrogen-bond donors (Lipinski definition) is 0. The van der Waals surface area contributed by atoms with E-state index in [1.165, 1.54) is 25.1 Å². The van der Waals surface area contributed by atoms with Crippen LogP contribution in [0.25, 0.3) is 0 Å². The van der Waals surface area contributed by atoms with Crippen LogP contribution in [0.3, 0.4) is 0 Å². The van der Waals surface area contributed by atoms with E-state index in [0.717, 1.165) is 6.07 Å². The topological polar surface area (TPSA) is 152 Å². The maximum absolute atomic E-state index is 12.7. The van der Waals surface area contributed by atoms with Gasteiger partial charge in [0.05, 0.1) is 22.5 Å². The highest BCUT2D eigenvalue weighted by Gasteiger charge is 2.59. The van der Waals surface area contributed by atoms with E-state index in [2.05, 4.69) is 10.4 Å². The minimum Gasteiger partial charge on any atom is -0.461 e. The third kappa shape index (κ3) is 2.47. The first-order chi connectivity index (χ1) is 12.4. The number of fused-ring (bicyclic) bond motifs is 1. The molecule has 2 atom stereocenters. The van der Waals surface area contributed by atoms with Gasteiger partial charge in [0, 0.05) is 12.1 Å². The molecular formula is C14H11N5O7. The van der Waals surface area contributed by atoms with E-state index in [9.17, 15) is 29.4 Å². The largest absolute Gasteiger partial charge is 0.461 e. The molecule has 134 valence electrons. The molecule has 12 heteroatoms. The van der Waals surface area contributed by atoms with Crippen molar-refractivity contribution in [3.05, 3.63) is 39.3 Å². The number of amides is 2. The molecule has 0 aromatic heterocycles. The van der Waals surface area contributed by atoms with Crippen LogP contribution in [0.5, 0.6) is 0 Å². The van der Waals surface area contributed by atoms with Crippen molar-refractivity contribution >= 4 is 34.9 Å². The number of nitroso groups, excluding NO2 is 1. The van der Waals surface area contributed by atoms with Gasteiger partial charge in [-0.1, -0.05) is 6.07 Å². The number of carbonyl (C=O) groups is 3. The van der Waals surface area contributed by atoms with Crippen LogP contribution in [0.4, 0.5) is 11.4 Å². The molecule has 3 rings (SSSR count). The molecule has 1 fully saturated rings. The maximum atomic E-state index is 12.7. The van der Waals surface area contributed by atoms with Gasteiger partial charge in [-0.25, -0.2) is 9.69 Å². The predicted octanol–water partition coefficient (Wildman–Crippen LogP) is 0.369. The van der Waals surface area contributed by atoms with Gasteiger partial charge in [-0.05, 0) is 13.0 Å². The van der Waals surface area contributed by atoms with Gasteiger partial charge in [0.1, 0.15) is 5.92 Å². The van der Waals surface area contributed by atoms with Crippen molar-refractivity contribution in [3.63, 3.8) is 0 Å². The minimum atomic E-state index is -1.43. The number of imide groups is 1. The molecule has 2 amide bonds. The predicted molar refractivity (Wildman–Crippen MR) is 84.6 cm³/mol. The van der Waals surface area contributed by atoms with Gasteiger partial charge in [-0.3, -0.25) is 19.7 Å². The summed E-state index contributed by atoms with van der Waals surface area (Å²) in [7, 11) is 0. The van der Waals surface area contributed by atoms with Crippen LogP contribution >= 0.6 is 0 Å². The zero-order valence-corrected chi connectivity index (χ0v) is 13.3. The summed E-state index contributed by atoms with van der Waals surface area (Å²) >= 11 is 0. The van der Waals surface area contributed by atoms with Gasteiger partial charge in [0.15, 0.2) is 11.8 Å². The third-order valence-electron chi connectivity index (χ3n) is 3.90. The number of non-ortho nitro benzene ring substituents is 1.